The minimum Gasteiger partial charge on any atom is -0.474 e. The Balaban J connectivity index is 2.25. The first-order valence-corrected chi connectivity index (χ1v) is 6.21. The highest BCUT2D eigenvalue weighted by Gasteiger charge is 2.07. The van der Waals surface area contributed by atoms with Crippen LogP contribution in [0, 0.1) is 0 Å². The van der Waals surface area contributed by atoms with Crippen LogP contribution in [0.2, 0.25) is 10.0 Å². The monoisotopic (exact) mass is 294 g/mol. The summed E-state index contributed by atoms with van der Waals surface area (Å²) in [6, 6.07) is 1.50. The van der Waals surface area contributed by atoms with Crippen molar-refractivity contribution in [3.63, 3.8) is 0 Å². The van der Waals surface area contributed by atoms with E-state index < -0.39 is 0 Å². The molecule has 102 valence electrons. The number of hydrogen-bond donors (Lipinski definition) is 1. The summed E-state index contributed by atoms with van der Waals surface area (Å²) in [6.07, 6.45) is 0.851. The highest BCUT2D eigenvalue weighted by atomic mass is 35.5. The van der Waals surface area contributed by atoms with Gasteiger partial charge in [-0.1, -0.05) is 23.2 Å². The fourth-order valence-electron chi connectivity index (χ4n) is 1.17. The first-order valence-electron chi connectivity index (χ1n) is 5.46. The molecule has 0 aliphatic rings. The number of anilines is 1. The molecule has 0 bridgehead atoms. The largest absolute Gasteiger partial charge is 0.474 e. The number of pyridine rings is 1. The molecule has 0 fully saturated rings. The molecular weight excluding hydrogens is 279 g/mol. The standard InChI is InChI=1S/C11H16Cl2N2O3/c1-16-3-2-4-17-5-6-18-11-9(13)7-8(12)10(14)15-11/h7H,2-6H2,1H3,(H2,14,15). The maximum Gasteiger partial charge on any atom is 0.234 e. The Morgan fingerprint density at radius 2 is 1.94 bits per heavy atom. The summed E-state index contributed by atoms with van der Waals surface area (Å²) in [5.41, 5.74) is 5.55. The fraction of sp³-hybridized carbons (Fsp3) is 0.545. The van der Waals surface area contributed by atoms with E-state index in [0.29, 0.717) is 36.5 Å². The van der Waals surface area contributed by atoms with Crippen molar-refractivity contribution in [3.8, 4) is 5.88 Å². The van der Waals surface area contributed by atoms with E-state index in [1.807, 2.05) is 0 Å². The minimum absolute atomic E-state index is 0.192. The minimum atomic E-state index is 0.192. The molecule has 18 heavy (non-hydrogen) atoms. The summed E-state index contributed by atoms with van der Waals surface area (Å²) < 4.78 is 15.6. The van der Waals surface area contributed by atoms with Crippen LogP contribution < -0.4 is 10.5 Å². The number of aromatic nitrogens is 1. The number of rotatable bonds is 8. The predicted octanol–water partition coefficient (Wildman–Crippen LogP) is 2.40. The van der Waals surface area contributed by atoms with Crippen molar-refractivity contribution in [2.24, 2.45) is 0 Å². The third kappa shape index (κ3) is 5.27. The van der Waals surface area contributed by atoms with Gasteiger partial charge in [-0.3, -0.25) is 0 Å². The summed E-state index contributed by atoms with van der Waals surface area (Å²) in [5.74, 6) is 0.455. The number of ether oxygens (including phenoxy) is 3. The van der Waals surface area contributed by atoms with Crippen LogP contribution in [-0.4, -0.2) is 38.5 Å². The van der Waals surface area contributed by atoms with E-state index in [1.165, 1.54) is 6.07 Å². The quantitative estimate of drug-likeness (QED) is 0.746. The van der Waals surface area contributed by atoms with Crippen molar-refractivity contribution >= 4 is 29.0 Å². The molecule has 1 heterocycles. The lowest BCUT2D eigenvalue weighted by molar-refractivity contribution is 0.0796. The second-order valence-corrected chi connectivity index (χ2v) is 4.26. The molecule has 0 spiro atoms. The van der Waals surface area contributed by atoms with Gasteiger partial charge in [-0.15, -0.1) is 0 Å². The van der Waals surface area contributed by atoms with Crippen LogP contribution in [0.15, 0.2) is 6.07 Å². The van der Waals surface area contributed by atoms with Crippen LogP contribution in [0.4, 0.5) is 5.82 Å². The number of nitrogens with two attached hydrogens (primary N) is 1. The highest BCUT2D eigenvalue weighted by molar-refractivity contribution is 6.36. The summed E-state index contributed by atoms with van der Waals surface area (Å²) in [7, 11) is 1.65. The van der Waals surface area contributed by atoms with Gasteiger partial charge < -0.3 is 19.9 Å². The lowest BCUT2D eigenvalue weighted by Crippen LogP contribution is -2.10. The van der Waals surface area contributed by atoms with Crippen molar-refractivity contribution < 1.29 is 14.2 Å². The van der Waals surface area contributed by atoms with Crippen molar-refractivity contribution in [2.75, 3.05) is 39.3 Å². The van der Waals surface area contributed by atoms with E-state index in [-0.39, 0.29) is 11.7 Å². The average Bonchev–Trinajstić information content (AvgIpc) is 2.34. The predicted molar refractivity (Wildman–Crippen MR) is 71.5 cm³/mol. The van der Waals surface area contributed by atoms with Crippen LogP contribution in [0.25, 0.3) is 0 Å². The third-order valence-electron chi connectivity index (χ3n) is 2.03. The van der Waals surface area contributed by atoms with Gasteiger partial charge in [0.05, 0.1) is 11.6 Å². The van der Waals surface area contributed by atoms with Crippen molar-refractivity contribution in [1.29, 1.82) is 0 Å². The van der Waals surface area contributed by atoms with Gasteiger partial charge in [-0.05, 0) is 12.5 Å². The molecule has 0 aliphatic carbocycles. The molecule has 0 radical (unpaired) electrons. The average molecular weight is 295 g/mol. The molecule has 0 saturated heterocycles. The molecule has 1 aromatic rings. The Morgan fingerprint density at radius 1 is 1.17 bits per heavy atom. The van der Waals surface area contributed by atoms with Gasteiger partial charge in [0, 0.05) is 20.3 Å². The van der Waals surface area contributed by atoms with Crippen molar-refractivity contribution in [3.05, 3.63) is 16.1 Å². The normalized spacial score (nSPS) is 10.6. The van der Waals surface area contributed by atoms with Gasteiger partial charge in [-0.2, -0.15) is 4.98 Å². The lowest BCUT2D eigenvalue weighted by atomic mass is 10.4. The van der Waals surface area contributed by atoms with Gasteiger partial charge in [0.1, 0.15) is 17.4 Å². The molecule has 7 heteroatoms. The van der Waals surface area contributed by atoms with Crippen LogP contribution in [0.3, 0.4) is 0 Å². The van der Waals surface area contributed by atoms with Gasteiger partial charge in [0.15, 0.2) is 0 Å². The molecule has 1 aromatic heterocycles. The zero-order valence-corrected chi connectivity index (χ0v) is 11.6. The maximum atomic E-state index is 5.90. The molecule has 1 rings (SSSR count). The summed E-state index contributed by atoms with van der Waals surface area (Å²) in [6.45, 7) is 2.11. The zero-order chi connectivity index (χ0) is 13.4. The molecule has 5 nitrogen and oxygen atoms in total. The van der Waals surface area contributed by atoms with E-state index >= 15 is 0 Å². The zero-order valence-electron chi connectivity index (χ0n) is 10.1. The lowest BCUT2D eigenvalue weighted by Gasteiger charge is -2.09. The Kier molecular flexibility index (Phi) is 7.12. The first-order chi connectivity index (χ1) is 8.65. The molecule has 0 saturated carbocycles. The van der Waals surface area contributed by atoms with E-state index in [1.54, 1.807) is 7.11 Å². The van der Waals surface area contributed by atoms with E-state index in [2.05, 4.69) is 4.98 Å². The highest BCUT2D eigenvalue weighted by Crippen LogP contribution is 2.28. The topological polar surface area (TPSA) is 66.6 Å². The second-order valence-electron chi connectivity index (χ2n) is 3.45. The number of nitrogen functional groups attached to an aromatic ring is 1. The van der Waals surface area contributed by atoms with Crippen molar-refractivity contribution in [2.45, 2.75) is 6.42 Å². The first kappa shape index (κ1) is 15.3. The van der Waals surface area contributed by atoms with Gasteiger partial charge >= 0.3 is 0 Å². The number of halogens is 2. The summed E-state index contributed by atoms with van der Waals surface area (Å²) in [4.78, 5) is 3.94. The molecular formula is C11H16Cl2N2O3. The Bertz CT molecular complexity index is 378. The van der Waals surface area contributed by atoms with Crippen LogP contribution in [-0.2, 0) is 9.47 Å². The van der Waals surface area contributed by atoms with E-state index in [9.17, 15) is 0 Å². The van der Waals surface area contributed by atoms with Crippen LogP contribution in [0.1, 0.15) is 6.42 Å². The Labute approximate surface area is 116 Å². The SMILES string of the molecule is COCCCOCCOc1nc(N)c(Cl)cc1Cl. The Morgan fingerprint density at radius 3 is 2.67 bits per heavy atom. The molecule has 0 atom stereocenters. The summed E-state index contributed by atoms with van der Waals surface area (Å²) >= 11 is 11.7. The fourth-order valence-corrected chi connectivity index (χ4v) is 1.58. The van der Waals surface area contributed by atoms with Crippen LogP contribution in [0.5, 0.6) is 5.88 Å². The third-order valence-corrected chi connectivity index (χ3v) is 2.60. The number of methoxy groups -OCH3 is 1. The molecule has 2 N–H and O–H groups in total. The molecule has 0 aromatic carbocycles. The molecule has 0 aliphatic heterocycles. The second kappa shape index (κ2) is 8.37. The van der Waals surface area contributed by atoms with E-state index in [4.69, 9.17) is 43.1 Å². The van der Waals surface area contributed by atoms with Gasteiger partial charge in [0.2, 0.25) is 5.88 Å². The van der Waals surface area contributed by atoms with Gasteiger partial charge in [0.25, 0.3) is 0 Å². The molecule has 0 unspecified atom stereocenters. The van der Waals surface area contributed by atoms with Crippen LogP contribution >= 0.6 is 23.2 Å². The summed E-state index contributed by atoms with van der Waals surface area (Å²) in [5, 5.41) is 0.636. The van der Waals surface area contributed by atoms with Gasteiger partial charge in [-0.25, -0.2) is 0 Å². The smallest absolute Gasteiger partial charge is 0.234 e. The number of hydrogen-bond acceptors (Lipinski definition) is 5. The maximum absolute atomic E-state index is 5.90. The van der Waals surface area contributed by atoms with Crippen molar-refractivity contribution in [1.82, 2.24) is 4.98 Å². The Hall–Kier alpha value is -0.750. The molecule has 0 amide bonds. The number of nitrogens with zero attached hydrogens (tertiary/aromatic N) is 1. The van der Waals surface area contributed by atoms with E-state index in [0.717, 1.165) is 6.42 Å².